The molecule has 25 heavy (non-hydrogen) atoms. The number of carbonyl (C=O) groups excluding carboxylic acids is 2. The number of benzene rings is 1. The van der Waals surface area contributed by atoms with E-state index in [4.69, 9.17) is 19.9 Å². The summed E-state index contributed by atoms with van der Waals surface area (Å²) in [6.07, 6.45) is 1.74. The summed E-state index contributed by atoms with van der Waals surface area (Å²) in [4.78, 5) is 25.2. The first kappa shape index (κ1) is 17.1. The van der Waals surface area contributed by atoms with Gasteiger partial charge in [-0.1, -0.05) is 18.2 Å². The third-order valence-electron chi connectivity index (χ3n) is 4.43. The van der Waals surface area contributed by atoms with Crippen molar-refractivity contribution in [3.63, 3.8) is 0 Å². The second-order valence-corrected chi connectivity index (χ2v) is 5.89. The highest BCUT2D eigenvalue weighted by molar-refractivity contribution is 6.03. The molecule has 1 heterocycles. The Kier molecular flexibility index (Phi) is 4.79. The number of hydrogen-bond donors (Lipinski definition) is 1. The number of para-hydroxylation sites is 1. The van der Waals surface area contributed by atoms with E-state index < -0.39 is 11.9 Å². The van der Waals surface area contributed by atoms with Crippen molar-refractivity contribution in [3.8, 4) is 5.75 Å². The molecule has 3 rings (SSSR count). The maximum atomic E-state index is 12.7. The Balaban J connectivity index is 2.21. The summed E-state index contributed by atoms with van der Waals surface area (Å²) in [5, 5.41) is 0. The lowest BCUT2D eigenvalue weighted by molar-refractivity contribution is -0.139. The average Bonchev–Trinajstić information content (AvgIpc) is 2.60. The summed E-state index contributed by atoms with van der Waals surface area (Å²) in [6, 6.07) is 7.28. The van der Waals surface area contributed by atoms with Gasteiger partial charge in [-0.25, -0.2) is 4.79 Å². The van der Waals surface area contributed by atoms with Gasteiger partial charge >= 0.3 is 5.97 Å². The van der Waals surface area contributed by atoms with Crippen molar-refractivity contribution in [2.24, 2.45) is 5.73 Å². The highest BCUT2D eigenvalue weighted by atomic mass is 16.5. The molecule has 6 nitrogen and oxygen atoms in total. The molecule has 0 radical (unpaired) electrons. The number of rotatable bonds is 4. The van der Waals surface area contributed by atoms with Gasteiger partial charge in [-0.2, -0.15) is 0 Å². The van der Waals surface area contributed by atoms with Crippen molar-refractivity contribution in [1.82, 2.24) is 0 Å². The van der Waals surface area contributed by atoms with Crippen LogP contribution in [-0.2, 0) is 19.1 Å². The normalized spacial score (nSPS) is 20.1. The zero-order chi connectivity index (χ0) is 18.0. The molecular weight excluding hydrogens is 322 g/mol. The van der Waals surface area contributed by atoms with Crippen LogP contribution in [0.25, 0.3) is 0 Å². The molecular formula is C19H21NO5. The highest BCUT2D eigenvalue weighted by Gasteiger charge is 2.42. The Bertz CT molecular complexity index is 778. The second kappa shape index (κ2) is 7.01. The van der Waals surface area contributed by atoms with E-state index in [2.05, 4.69) is 0 Å². The van der Waals surface area contributed by atoms with E-state index in [0.29, 0.717) is 41.9 Å². The number of nitrogens with two attached hydrogens (primary N) is 1. The van der Waals surface area contributed by atoms with E-state index >= 15 is 0 Å². The van der Waals surface area contributed by atoms with E-state index in [1.807, 2.05) is 18.2 Å². The fraction of sp³-hybridized carbons (Fsp3) is 0.368. The van der Waals surface area contributed by atoms with E-state index in [9.17, 15) is 9.59 Å². The summed E-state index contributed by atoms with van der Waals surface area (Å²) >= 11 is 0. The van der Waals surface area contributed by atoms with Crippen LogP contribution < -0.4 is 10.5 Å². The minimum atomic E-state index is -0.647. The molecule has 132 valence electrons. The lowest BCUT2D eigenvalue weighted by Crippen LogP contribution is -2.31. The molecule has 0 fully saturated rings. The molecule has 1 aliphatic carbocycles. The summed E-state index contributed by atoms with van der Waals surface area (Å²) in [6.45, 7) is 1.92. The number of Topliss-reactive ketones (excluding diaryl/α,β-unsaturated/α-hetero) is 1. The predicted molar refractivity (Wildman–Crippen MR) is 90.6 cm³/mol. The molecule has 1 aromatic carbocycles. The Morgan fingerprint density at radius 2 is 2.08 bits per heavy atom. The Morgan fingerprint density at radius 3 is 2.80 bits per heavy atom. The quantitative estimate of drug-likeness (QED) is 0.845. The summed E-state index contributed by atoms with van der Waals surface area (Å²) < 4.78 is 16.2. The summed E-state index contributed by atoms with van der Waals surface area (Å²) in [7, 11) is 1.55. The van der Waals surface area contributed by atoms with Crippen LogP contribution >= 0.6 is 0 Å². The number of methoxy groups -OCH3 is 1. The van der Waals surface area contributed by atoms with Crippen molar-refractivity contribution in [2.75, 3.05) is 13.7 Å². The van der Waals surface area contributed by atoms with Crippen LogP contribution in [0.1, 0.15) is 37.7 Å². The van der Waals surface area contributed by atoms with Crippen molar-refractivity contribution in [2.45, 2.75) is 32.1 Å². The number of ketones is 1. The monoisotopic (exact) mass is 343 g/mol. The van der Waals surface area contributed by atoms with Gasteiger partial charge in [-0.3, -0.25) is 4.79 Å². The first-order chi connectivity index (χ1) is 12.1. The zero-order valence-electron chi connectivity index (χ0n) is 14.3. The molecule has 0 saturated carbocycles. The number of ether oxygens (including phenoxy) is 3. The second-order valence-electron chi connectivity index (χ2n) is 5.89. The van der Waals surface area contributed by atoms with Gasteiger partial charge in [-0.05, 0) is 19.4 Å². The first-order valence-corrected chi connectivity index (χ1v) is 8.32. The predicted octanol–water partition coefficient (Wildman–Crippen LogP) is 2.55. The molecule has 0 saturated heterocycles. The fourth-order valence-corrected chi connectivity index (χ4v) is 3.38. The molecule has 0 unspecified atom stereocenters. The van der Waals surface area contributed by atoms with Gasteiger partial charge in [0.2, 0.25) is 5.88 Å². The van der Waals surface area contributed by atoms with Crippen molar-refractivity contribution in [1.29, 1.82) is 0 Å². The molecule has 0 aromatic heterocycles. The first-order valence-electron chi connectivity index (χ1n) is 8.32. The number of allylic oxidation sites excluding steroid dienone is 2. The van der Waals surface area contributed by atoms with Crippen LogP contribution in [0.3, 0.4) is 0 Å². The Labute approximate surface area is 146 Å². The van der Waals surface area contributed by atoms with Gasteiger partial charge in [0.05, 0.1) is 19.6 Å². The molecule has 0 bridgehead atoms. The van der Waals surface area contributed by atoms with E-state index in [1.165, 1.54) is 0 Å². The van der Waals surface area contributed by atoms with E-state index in [0.717, 1.165) is 0 Å². The molecule has 1 aromatic rings. The number of esters is 1. The Morgan fingerprint density at radius 1 is 1.32 bits per heavy atom. The van der Waals surface area contributed by atoms with Gasteiger partial charge in [-0.15, -0.1) is 0 Å². The fourth-order valence-electron chi connectivity index (χ4n) is 3.38. The zero-order valence-corrected chi connectivity index (χ0v) is 14.3. The molecule has 6 heteroatoms. The Hall–Kier alpha value is -2.76. The van der Waals surface area contributed by atoms with E-state index in [1.54, 1.807) is 20.1 Å². The minimum Gasteiger partial charge on any atom is -0.496 e. The van der Waals surface area contributed by atoms with Crippen molar-refractivity contribution in [3.05, 3.63) is 52.6 Å². The maximum Gasteiger partial charge on any atom is 0.340 e. The van der Waals surface area contributed by atoms with Gasteiger partial charge in [0.1, 0.15) is 17.1 Å². The van der Waals surface area contributed by atoms with Gasteiger partial charge in [0.25, 0.3) is 0 Å². The van der Waals surface area contributed by atoms with Gasteiger partial charge < -0.3 is 19.9 Å². The highest BCUT2D eigenvalue weighted by Crippen LogP contribution is 2.46. The summed E-state index contributed by atoms with van der Waals surface area (Å²) in [5.74, 6) is -0.159. The van der Waals surface area contributed by atoms with Crippen molar-refractivity contribution < 1.29 is 23.8 Å². The summed E-state index contributed by atoms with van der Waals surface area (Å²) in [5.41, 5.74) is 7.38. The third kappa shape index (κ3) is 2.99. The third-order valence-corrected chi connectivity index (χ3v) is 4.43. The van der Waals surface area contributed by atoms with Gasteiger partial charge in [0.15, 0.2) is 5.78 Å². The van der Waals surface area contributed by atoms with Crippen LogP contribution in [-0.4, -0.2) is 25.5 Å². The van der Waals surface area contributed by atoms with Crippen molar-refractivity contribution >= 4 is 11.8 Å². The molecule has 2 N–H and O–H groups in total. The number of carbonyl (C=O) groups is 2. The minimum absolute atomic E-state index is 0.0113. The standard InChI is InChI=1S/C19H21NO5/c1-3-24-19(22)17-15(11-7-4-5-9-13(11)23-2)16-12(21)8-6-10-14(16)25-18(17)20/h4-5,7,9,15H,3,6,8,10,20H2,1-2H3/t15-/m0/s1. The molecule has 0 spiro atoms. The smallest absolute Gasteiger partial charge is 0.340 e. The van der Waals surface area contributed by atoms with Crippen LogP contribution in [0.2, 0.25) is 0 Å². The lowest BCUT2D eigenvalue weighted by Gasteiger charge is -2.32. The van der Waals surface area contributed by atoms with Crippen LogP contribution in [0.4, 0.5) is 0 Å². The molecule has 2 aliphatic rings. The van der Waals surface area contributed by atoms with Crippen LogP contribution in [0.15, 0.2) is 47.1 Å². The van der Waals surface area contributed by atoms with E-state index in [-0.39, 0.29) is 23.8 Å². The molecule has 1 atom stereocenters. The topological polar surface area (TPSA) is 87.9 Å². The SMILES string of the molecule is CCOC(=O)C1=C(N)OC2=C(C(=O)CCC2)[C@@H]1c1ccccc1OC. The average molecular weight is 343 g/mol. The number of hydrogen-bond acceptors (Lipinski definition) is 6. The van der Waals surface area contributed by atoms with Gasteiger partial charge in [0, 0.05) is 24.0 Å². The maximum absolute atomic E-state index is 12.7. The molecule has 1 aliphatic heterocycles. The lowest BCUT2D eigenvalue weighted by atomic mass is 9.77. The largest absolute Gasteiger partial charge is 0.496 e. The molecule has 0 amide bonds. The van der Waals surface area contributed by atoms with Crippen LogP contribution in [0, 0.1) is 0 Å². The van der Waals surface area contributed by atoms with Crippen LogP contribution in [0.5, 0.6) is 5.75 Å².